The van der Waals surface area contributed by atoms with Crippen molar-refractivity contribution in [2.75, 3.05) is 25.5 Å². The predicted molar refractivity (Wildman–Crippen MR) is 73.7 cm³/mol. The fourth-order valence-electron chi connectivity index (χ4n) is 1.55. The minimum atomic E-state index is -5.08. The predicted octanol–water partition coefficient (Wildman–Crippen LogP) is 1.00. The minimum absolute atomic E-state index is 0.0365. The molecule has 7 nitrogen and oxygen atoms in total. The minimum Gasteiger partial charge on any atom is -0.475 e. The molecule has 1 aliphatic heterocycles. The molecule has 1 saturated heterocycles. The molecule has 11 heteroatoms. The average molecular weight is 343 g/mol. The molecule has 0 amide bonds. The number of aromatic amines is 1. The number of carbonyl (C=O) groups is 1. The fraction of sp³-hybridized carbons (Fsp3) is 0.545. The van der Waals surface area contributed by atoms with Crippen molar-refractivity contribution in [2.45, 2.75) is 18.6 Å². The van der Waals surface area contributed by atoms with E-state index in [2.05, 4.69) is 25.6 Å². The number of rotatable bonds is 2. The summed E-state index contributed by atoms with van der Waals surface area (Å²) >= 11 is 5.87. The highest BCUT2D eigenvalue weighted by molar-refractivity contribution is 6.30. The summed E-state index contributed by atoms with van der Waals surface area (Å²) in [5.41, 5.74) is 0.482. The molecule has 1 atom stereocenters. The number of hydrogen-bond acceptors (Lipinski definition) is 5. The molecule has 124 valence electrons. The number of anilines is 1. The normalized spacial score (nSPS) is 19.2. The number of carboxylic acid groups (broad SMARTS) is 1. The molecule has 0 aromatic carbocycles. The number of alkyl halides is 3. The molecule has 0 unspecified atom stereocenters. The molecule has 4 N–H and O–H groups in total. The van der Waals surface area contributed by atoms with Gasteiger partial charge in [0.05, 0.1) is 7.54 Å². The third-order valence-electron chi connectivity index (χ3n) is 2.58. The first-order valence-corrected chi connectivity index (χ1v) is 6.49. The maximum Gasteiger partial charge on any atom is 0.490 e. The Morgan fingerprint density at radius 3 is 2.77 bits per heavy atom. The third kappa shape index (κ3) is 5.90. The zero-order chi connectivity index (χ0) is 17.6. The van der Waals surface area contributed by atoms with Gasteiger partial charge >= 0.3 is 12.1 Å². The number of nitrogens with one attached hydrogen (secondary N) is 3. The van der Waals surface area contributed by atoms with Crippen molar-refractivity contribution >= 4 is 23.5 Å². The van der Waals surface area contributed by atoms with Gasteiger partial charge in [-0.15, -0.1) is 0 Å². The number of aliphatic carboxylic acids is 1. The number of halogens is 4. The summed E-state index contributed by atoms with van der Waals surface area (Å²) in [5.74, 6) is -2.21. The first-order chi connectivity index (χ1) is 10.6. The van der Waals surface area contributed by atoms with Crippen molar-refractivity contribution in [2.24, 2.45) is 4.99 Å². The summed E-state index contributed by atoms with van der Waals surface area (Å²) in [6.45, 7) is 1.91. The van der Waals surface area contributed by atoms with Gasteiger partial charge in [0.1, 0.15) is 10.5 Å². The van der Waals surface area contributed by atoms with E-state index in [0.717, 1.165) is 19.5 Å². The molecule has 2 rings (SSSR count). The van der Waals surface area contributed by atoms with Gasteiger partial charge in [0, 0.05) is 19.6 Å². The van der Waals surface area contributed by atoms with Crippen LogP contribution in [-0.4, -0.2) is 53.4 Å². The lowest BCUT2D eigenvalue weighted by molar-refractivity contribution is -0.192. The smallest absolute Gasteiger partial charge is 0.475 e. The van der Waals surface area contributed by atoms with Gasteiger partial charge in [-0.05, 0) is 13.0 Å². The Morgan fingerprint density at radius 2 is 2.32 bits per heavy atom. The Labute approximate surface area is 130 Å². The first kappa shape index (κ1) is 16.6. The molecule has 0 spiro atoms. The monoisotopic (exact) mass is 342 g/mol. The van der Waals surface area contributed by atoms with Crippen LogP contribution in [0.1, 0.15) is 7.79 Å². The van der Waals surface area contributed by atoms with Crippen molar-refractivity contribution in [1.29, 1.82) is 0 Å². The van der Waals surface area contributed by atoms with Crippen LogP contribution in [-0.2, 0) is 4.79 Å². The van der Waals surface area contributed by atoms with Gasteiger partial charge < -0.3 is 20.7 Å². The topological polar surface area (TPSA) is 102 Å². The maximum absolute atomic E-state index is 10.6. The maximum atomic E-state index is 10.6. The van der Waals surface area contributed by atoms with E-state index in [-0.39, 0.29) is 11.2 Å². The second kappa shape index (κ2) is 7.99. The van der Waals surface area contributed by atoms with E-state index in [4.69, 9.17) is 22.9 Å². The molecule has 22 heavy (non-hydrogen) atoms. The first-order valence-electron chi connectivity index (χ1n) is 6.61. The van der Waals surface area contributed by atoms with Gasteiger partial charge in [0.2, 0.25) is 5.95 Å². The number of H-pyrrole nitrogens is 1. The highest BCUT2D eigenvalue weighted by atomic mass is 35.5. The molecule has 1 aliphatic rings. The van der Waals surface area contributed by atoms with Crippen LogP contribution in [0.25, 0.3) is 0 Å². The summed E-state index contributed by atoms with van der Waals surface area (Å²) < 4.78 is 39.3. The summed E-state index contributed by atoms with van der Waals surface area (Å²) in [7, 11) is 1.62. The Bertz CT molecular complexity index is 617. The van der Waals surface area contributed by atoms with Gasteiger partial charge in [-0.2, -0.15) is 13.2 Å². The highest BCUT2D eigenvalue weighted by Gasteiger charge is 2.38. The summed E-state index contributed by atoms with van der Waals surface area (Å²) in [6.07, 6.45) is -4.00. The summed E-state index contributed by atoms with van der Waals surface area (Å²) in [6, 6.07) is 0.342. The zero-order valence-corrected chi connectivity index (χ0v) is 12.2. The molecule has 2 heterocycles. The third-order valence-corrected chi connectivity index (χ3v) is 2.84. The highest BCUT2D eigenvalue weighted by Crippen LogP contribution is 2.13. The standard InChI is InChI=1S/C9H14ClN5.C2HF3O2/c1-11-8-7(10)5-13-9(15-8)14-6-2-3-12-4-6;3-2(4,5)1(6)7/h5-6,12H,2-4H2,1H3,(H2,11,13,14,15);(H,6,7)/t6-;/m1./s1/i5D;. The molecule has 0 bridgehead atoms. The van der Waals surface area contributed by atoms with Crippen LogP contribution in [0.4, 0.5) is 19.1 Å². The van der Waals surface area contributed by atoms with E-state index in [1.54, 1.807) is 7.05 Å². The van der Waals surface area contributed by atoms with Crippen LogP contribution in [0.5, 0.6) is 0 Å². The van der Waals surface area contributed by atoms with Crippen molar-refractivity contribution in [1.82, 2.24) is 15.3 Å². The van der Waals surface area contributed by atoms with Crippen LogP contribution < -0.4 is 16.1 Å². The Balaban J connectivity index is 0.000000322. The van der Waals surface area contributed by atoms with E-state index in [0.29, 0.717) is 17.5 Å². The van der Waals surface area contributed by atoms with Crippen molar-refractivity contribution in [3.05, 3.63) is 16.7 Å². The zero-order valence-electron chi connectivity index (χ0n) is 12.5. The average Bonchev–Trinajstić information content (AvgIpc) is 2.95. The second-order valence-electron chi connectivity index (χ2n) is 4.22. The molecule has 1 aromatic rings. The van der Waals surface area contributed by atoms with Crippen LogP contribution in [0.3, 0.4) is 0 Å². The van der Waals surface area contributed by atoms with Gasteiger partial charge in [-0.3, -0.25) is 4.99 Å². The van der Waals surface area contributed by atoms with E-state index in [9.17, 15) is 13.2 Å². The Kier molecular flexibility index (Phi) is 6.01. The van der Waals surface area contributed by atoms with Crippen LogP contribution >= 0.6 is 11.6 Å². The van der Waals surface area contributed by atoms with Crippen LogP contribution in [0.15, 0.2) is 11.2 Å². The van der Waals surface area contributed by atoms with Crippen molar-refractivity contribution in [3.63, 3.8) is 0 Å². The van der Waals surface area contributed by atoms with E-state index >= 15 is 0 Å². The number of nitrogens with zero attached hydrogens (tertiary/aromatic N) is 2. The largest absolute Gasteiger partial charge is 0.490 e. The molecule has 0 saturated carbocycles. The molecule has 1 fully saturated rings. The molecule has 0 aliphatic carbocycles. The lowest BCUT2D eigenvalue weighted by Crippen LogP contribution is -2.25. The lowest BCUT2D eigenvalue weighted by atomic mass is 10.3. The Morgan fingerprint density at radius 1 is 1.68 bits per heavy atom. The molecular weight excluding hydrogens is 327 g/mol. The lowest BCUT2D eigenvalue weighted by Gasteiger charge is -2.11. The van der Waals surface area contributed by atoms with E-state index in [1.165, 1.54) is 0 Å². The number of carboxylic acids is 1. The van der Waals surface area contributed by atoms with Crippen molar-refractivity contribution < 1.29 is 24.4 Å². The Hall–Kier alpha value is -1.81. The summed E-state index contributed by atoms with van der Waals surface area (Å²) in [4.78, 5) is 19.8. The van der Waals surface area contributed by atoms with E-state index in [1.807, 2.05) is 0 Å². The van der Waals surface area contributed by atoms with Gasteiger partial charge in [-0.1, -0.05) is 11.6 Å². The second-order valence-corrected chi connectivity index (χ2v) is 4.60. The van der Waals surface area contributed by atoms with Crippen molar-refractivity contribution in [3.8, 4) is 0 Å². The number of aromatic nitrogens is 2. The molecule has 0 radical (unpaired) electrons. The fourth-order valence-corrected chi connectivity index (χ4v) is 1.72. The van der Waals surface area contributed by atoms with Gasteiger partial charge in [-0.25, -0.2) is 9.78 Å². The number of hydrogen-bond donors (Lipinski definition) is 4. The molecular formula is C11H15ClF3N5O2. The quantitative estimate of drug-likeness (QED) is 0.642. The van der Waals surface area contributed by atoms with Crippen LogP contribution in [0.2, 0.25) is 5.02 Å². The molecule has 1 aromatic heterocycles. The van der Waals surface area contributed by atoms with Gasteiger partial charge in [0.25, 0.3) is 0 Å². The SMILES string of the molecule is O=C(O)C(F)(F)F.[2H]c1nc(N[C@@H]2CCNC2)[nH]c(=NC)c1Cl. The van der Waals surface area contributed by atoms with E-state index < -0.39 is 12.1 Å². The van der Waals surface area contributed by atoms with Gasteiger partial charge in [0.15, 0.2) is 0 Å². The summed E-state index contributed by atoms with van der Waals surface area (Å²) in [5, 5.41) is 13.8. The van der Waals surface area contributed by atoms with Crippen LogP contribution in [0, 0.1) is 0 Å².